The Hall–Kier alpha value is -3.07. The average molecular weight is 383 g/mol. The third kappa shape index (κ3) is 3.21. The largest absolute Gasteiger partial charge is 0.497 e. The highest BCUT2D eigenvalue weighted by Gasteiger charge is 2.41. The highest BCUT2D eigenvalue weighted by atomic mass is 16.5. The summed E-state index contributed by atoms with van der Waals surface area (Å²) >= 11 is 0. The predicted molar refractivity (Wildman–Crippen MR) is 119 cm³/mol. The first-order valence-electron chi connectivity index (χ1n) is 10.4. The number of ether oxygens (including phenoxy) is 1. The van der Waals surface area contributed by atoms with Crippen molar-refractivity contribution < 1.29 is 4.74 Å². The SMILES string of the molecule is COc1ccc([C@@H]2[C@@H]3CCCc4ccc(C)cc4C3=NN2c2ccccc2)cc1. The maximum Gasteiger partial charge on any atom is 0.118 e. The van der Waals surface area contributed by atoms with E-state index in [0.717, 1.165) is 24.3 Å². The molecule has 0 fully saturated rings. The molecule has 0 aromatic heterocycles. The van der Waals surface area contributed by atoms with E-state index in [1.165, 1.54) is 34.4 Å². The Morgan fingerprint density at radius 2 is 1.76 bits per heavy atom. The second kappa shape index (κ2) is 7.40. The van der Waals surface area contributed by atoms with E-state index < -0.39 is 0 Å². The zero-order chi connectivity index (χ0) is 19.8. The third-order valence-electron chi connectivity index (χ3n) is 6.19. The van der Waals surface area contributed by atoms with Gasteiger partial charge in [-0.3, -0.25) is 5.01 Å². The molecule has 5 rings (SSSR count). The Balaban J connectivity index is 1.65. The van der Waals surface area contributed by atoms with E-state index in [4.69, 9.17) is 9.84 Å². The van der Waals surface area contributed by atoms with E-state index in [2.05, 4.69) is 84.7 Å². The highest BCUT2D eigenvalue weighted by molar-refractivity contribution is 6.06. The van der Waals surface area contributed by atoms with Crippen molar-refractivity contribution in [3.8, 4) is 5.75 Å². The van der Waals surface area contributed by atoms with Crippen LogP contribution in [0.2, 0.25) is 0 Å². The molecule has 0 saturated heterocycles. The number of anilines is 1. The van der Waals surface area contributed by atoms with Gasteiger partial charge in [-0.25, -0.2) is 0 Å². The van der Waals surface area contributed by atoms with Gasteiger partial charge < -0.3 is 4.74 Å². The molecule has 2 aliphatic rings. The number of hydrogen-bond acceptors (Lipinski definition) is 3. The minimum Gasteiger partial charge on any atom is -0.497 e. The zero-order valence-electron chi connectivity index (χ0n) is 17.0. The van der Waals surface area contributed by atoms with Crippen molar-refractivity contribution in [3.63, 3.8) is 0 Å². The van der Waals surface area contributed by atoms with E-state index in [-0.39, 0.29) is 6.04 Å². The fourth-order valence-electron chi connectivity index (χ4n) is 4.75. The van der Waals surface area contributed by atoms with Gasteiger partial charge in [0.15, 0.2) is 0 Å². The van der Waals surface area contributed by atoms with Crippen LogP contribution in [0.25, 0.3) is 0 Å². The van der Waals surface area contributed by atoms with Crippen LogP contribution in [0.5, 0.6) is 5.75 Å². The second-order valence-corrected chi connectivity index (χ2v) is 8.04. The summed E-state index contributed by atoms with van der Waals surface area (Å²) in [5.74, 6) is 1.27. The van der Waals surface area contributed by atoms with Gasteiger partial charge in [0.2, 0.25) is 0 Å². The molecule has 1 heterocycles. The molecule has 3 heteroatoms. The number of methoxy groups -OCH3 is 1. The van der Waals surface area contributed by atoms with Crippen LogP contribution in [0.1, 0.15) is 41.1 Å². The summed E-state index contributed by atoms with van der Waals surface area (Å²) in [5, 5.41) is 7.48. The van der Waals surface area contributed by atoms with Gasteiger partial charge in [0.25, 0.3) is 0 Å². The smallest absolute Gasteiger partial charge is 0.118 e. The topological polar surface area (TPSA) is 24.8 Å². The first-order chi connectivity index (χ1) is 14.2. The fourth-order valence-corrected chi connectivity index (χ4v) is 4.75. The van der Waals surface area contributed by atoms with Gasteiger partial charge in [0.1, 0.15) is 5.75 Å². The number of hydrazone groups is 1. The number of fused-ring (bicyclic) bond motifs is 3. The van der Waals surface area contributed by atoms with Gasteiger partial charge >= 0.3 is 0 Å². The Morgan fingerprint density at radius 3 is 2.52 bits per heavy atom. The molecule has 0 saturated carbocycles. The molecule has 0 spiro atoms. The summed E-state index contributed by atoms with van der Waals surface area (Å²) in [6.45, 7) is 2.17. The summed E-state index contributed by atoms with van der Waals surface area (Å²) in [4.78, 5) is 0. The quantitative estimate of drug-likeness (QED) is 0.561. The van der Waals surface area contributed by atoms with Crippen LogP contribution in [0.4, 0.5) is 5.69 Å². The van der Waals surface area contributed by atoms with Crippen LogP contribution in [0.15, 0.2) is 77.9 Å². The van der Waals surface area contributed by atoms with Gasteiger partial charge in [0.05, 0.1) is 24.6 Å². The molecule has 0 amide bonds. The summed E-state index contributed by atoms with van der Waals surface area (Å²) in [5.41, 5.74) is 7.74. The summed E-state index contributed by atoms with van der Waals surface area (Å²) in [6, 6.07) is 26.1. The van der Waals surface area contributed by atoms with E-state index in [1.54, 1.807) is 7.11 Å². The van der Waals surface area contributed by atoms with E-state index in [9.17, 15) is 0 Å². The van der Waals surface area contributed by atoms with Crippen molar-refractivity contribution in [1.82, 2.24) is 0 Å². The number of para-hydroxylation sites is 1. The summed E-state index contributed by atoms with van der Waals surface area (Å²) in [7, 11) is 1.71. The Bertz CT molecular complexity index is 1040. The summed E-state index contributed by atoms with van der Waals surface area (Å²) in [6.07, 6.45) is 3.47. The Kier molecular flexibility index (Phi) is 4.59. The molecule has 3 nitrogen and oxygen atoms in total. The number of rotatable bonds is 3. The maximum absolute atomic E-state index is 5.39. The lowest BCUT2D eigenvalue weighted by molar-refractivity contribution is 0.414. The minimum atomic E-state index is 0.199. The average Bonchev–Trinajstić information content (AvgIpc) is 3.05. The Labute approximate surface area is 172 Å². The van der Waals surface area contributed by atoms with Gasteiger partial charge in [-0.15, -0.1) is 0 Å². The van der Waals surface area contributed by atoms with Crippen LogP contribution < -0.4 is 9.75 Å². The normalized spacial score (nSPS) is 20.5. The molecule has 0 radical (unpaired) electrons. The van der Waals surface area contributed by atoms with Crippen LogP contribution >= 0.6 is 0 Å². The molecule has 0 bridgehead atoms. The lowest BCUT2D eigenvalue weighted by Crippen LogP contribution is -2.25. The van der Waals surface area contributed by atoms with Crippen LogP contribution in [0, 0.1) is 12.8 Å². The van der Waals surface area contributed by atoms with Crippen molar-refractivity contribution in [3.05, 3.63) is 95.1 Å². The zero-order valence-corrected chi connectivity index (χ0v) is 17.0. The van der Waals surface area contributed by atoms with Crippen molar-refractivity contribution >= 4 is 11.4 Å². The van der Waals surface area contributed by atoms with E-state index >= 15 is 0 Å². The molecule has 2 atom stereocenters. The molecule has 1 aliphatic carbocycles. The third-order valence-corrected chi connectivity index (χ3v) is 6.19. The molecule has 29 heavy (non-hydrogen) atoms. The molecule has 1 aliphatic heterocycles. The van der Waals surface area contributed by atoms with Crippen LogP contribution in [-0.2, 0) is 6.42 Å². The molecule has 3 aromatic rings. The van der Waals surface area contributed by atoms with Crippen molar-refractivity contribution in [2.45, 2.75) is 32.2 Å². The molecule has 0 unspecified atom stereocenters. The Morgan fingerprint density at radius 1 is 0.966 bits per heavy atom. The fraction of sp³-hybridized carbons (Fsp3) is 0.269. The lowest BCUT2D eigenvalue weighted by Gasteiger charge is -2.28. The monoisotopic (exact) mass is 382 g/mol. The van der Waals surface area contributed by atoms with Crippen LogP contribution in [-0.4, -0.2) is 12.8 Å². The number of aryl methyl sites for hydroxylation is 2. The van der Waals surface area contributed by atoms with Crippen molar-refractivity contribution in [1.29, 1.82) is 0 Å². The molecule has 0 N–H and O–H groups in total. The van der Waals surface area contributed by atoms with Crippen LogP contribution in [0.3, 0.4) is 0 Å². The highest BCUT2D eigenvalue weighted by Crippen LogP contribution is 2.45. The second-order valence-electron chi connectivity index (χ2n) is 8.04. The molecule has 146 valence electrons. The number of hydrogen-bond donors (Lipinski definition) is 0. The predicted octanol–water partition coefficient (Wildman–Crippen LogP) is 5.92. The van der Waals surface area contributed by atoms with E-state index in [1.807, 2.05) is 0 Å². The van der Waals surface area contributed by atoms with E-state index in [0.29, 0.717) is 5.92 Å². The van der Waals surface area contributed by atoms with Gasteiger partial charge in [0, 0.05) is 11.5 Å². The van der Waals surface area contributed by atoms with Gasteiger partial charge in [-0.05, 0) is 67.6 Å². The van der Waals surface area contributed by atoms with Crippen molar-refractivity contribution in [2.24, 2.45) is 11.0 Å². The lowest BCUT2D eigenvalue weighted by atomic mass is 9.85. The molecule has 3 aromatic carbocycles. The first kappa shape index (κ1) is 18.0. The standard InChI is InChI=1S/C26H26N2O/c1-18-11-12-19-7-6-10-23-25(24(19)17-18)27-28(21-8-4-3-5-9-21)26(23)20-13-15-22(29-2)16-14-20/h3-5,8-9,11-17,23,26H,6-7,10H2,1-2H3/t23-,26-/m1/s1. The molecular formula is C26H26N2O. The number of nitrogens with zero attached hydrogens (tertiary/aromatic N) is 2. The first-order valence-corrected chi connectivity index (χ1v) is 10.4. The van der Waals surface area contributed by atoms with Crippen molar-refractivity contribution in [2.75, 3.05) is 12.1 Å². The minimum absolute atomic E-state index is 0.199. The molecular weight excluding hydrogens is 356 g/mol. The summed E-state index contributed by atoms with van der Waals surface area (Å²) < 4.78 is 5.39. The number of benzene rings is 3. The maximum atomic E-state index is 5.39. The van der Waals surface area contributed by atoms with Gasteiger partial charge in [-0.2, -0.15) is 5.10 Å². The van der Waals surface area contributed by atoms with Gasteiger partial charge in [-0.1, -0.05) is 48.0 Å².